The zero-order valence-corrected chi connectivity index (χ0v) is 8.49. The summed E-state index contributed by atoms with van der Waals surface area (Å²) in [4.78, 5) is 14.8. The Labute approximate surface area is 78.5 Å². The maximum atomic E-state index is 10.9. The summed E-state index contributed by atoms with van der Waals surface area (Å²) in [5.74, 6) is 0. The van der Waals surface area contributed by atoms with Gasteiger partial charge in [0.2, 0.25) is 5.54 Å². The summed E-state index contributed by atoms with van der Waals surface area (Å²) >= 11 is 0. The largest absolute Gasteiger partial charge is 0.298 e. The molecule has 1 heterocycles. The molecule has 0 unspecified atom stereocenters. The van der Waals surface area contributed by atoms with E-state index >= 15 is 0 Å². The predicted molar refractivity (Wildman–Crippen MR) is 50.4 cm³/mol. The van der Waals surface area contributed by atoms with Gasteiger partial charge in [0.1, 0.15) is 0 Å². The van der Waals surface area contributed by atoms with Crippen molar-refractivity contribution in [2.24, 2.45) is 0 Å². The van der Waals surface area contributed by atoms with Crippen molar-refractivity contribution < 1.29 is 4.92 Å². The highest BCUT2D eigenvalue weighted by molar-refractivity contribution is 4.84. The van der Waals surface area contributed by atoms with Crippen LogP contribution in [0.5, 0.6) is 0 Å². The number of nitrogens with zero attached hydrogens (tertiary/aromatic N) is 3. The van der Waals surface area contributed by atoms with E-state index in [4.69, 9.17) is 0 Å². The third-order valence-corrected chi connectivity index (χ3v) is 2.53. The van der Waals surface area contributed by atoms with Crippen LogP contribution >= 0.6 is 0 Å². The van der Waals surface area contributed by atoms with Gasteiger partial charge in [0.25, 0.3) is 0 Å². The van der Waals surface area contributed by atoms with Crippen LogP contribution < -0.4 is 0 Å². The fraction of sp³-hybridized carbons (Fsp3) is 1.00. The highest BCUT2D eigenvalue weighted by Crippen LogP contribution is 2.15. The highest BCUT2D eigenvalue weighted by Gasteiger charge is 2.41. The van der Waals surface area contributed by atoms with Gasteiger partial charge in [0, 0.05) is 24.9 Å². The molecule has 1 aliphatic rings. The number of hydrogen-bond acceptors (Lipinski definition) is 4. The van der Waals surface area contributed by atoms with Crippen molar-refractivity contribution in [1.29, 1.82) is 0 Å². The first-order valence-corrected chi connectivity index (χ1v) is 4.46. The third-order valence-electron chi connectivity index (χ3n) is 2.53. The molecule has 0 saturated carbocycles. The molecule has 0 aromatic heterocycles. The Morgan fingerprint density at radius 1 is 1.23 bits per heavy atom. The fourth-order valence-electron chi connectivity index (χ4n) is 1.83. The van der Waals surface area contributed by atoms with Crippen LogP contribution in [0.4, 0.5) is 0 Å². The minimum absolute atomic E-state index is 0.161. The predicted octanol–water partition coefficient (Wildman–Crippen LogP) is -0.101. The summed E-state index contributed by atoms with van der Waals surface area (Å²) in [6.07, 6.45) is 0. The Bertz CT molecular complexity index is 196. The van der Waals surface area contributed by atoms with Crippen molar-refractivity contribution in [2.45, 2.75) is 12.5 Å². The second kappa shape index (κ2) is 3.59. The maximum Gasteiger partial charge on any atom is 0.244 e. The summed E-state index contributed by atoms with van der Waals surface area (Å²) < 4.78 is 0. The molecule has 0 radical (unpaired) electrons. The van der Waals surface area contributed by atoms with Crippen molar-refractivity contribution in [3.8, 4) is 0 Å². The molecular formula is C8H17N3O2. The normalized spacial score (nSPS) is 25.5. The number of likely N-dealkylation sites (N-methyl/N-ethyl adjacent to an activating group) is 2. The Morgan fingerprint density at radius 2 is 1.62 bits per heavy atom. The molecule has 1 aliphatic heterocycles. The molecule has 1 rings (SSSR count). The van der Waals surface area contributed by atoms with E-state index in [-0.39, 0.29) is 4.92 Å². The molecule has 0 aliphatic carbocycles. The van der Waals surface area contributed by atoms with Gasteiger partial charge in [-0.3, -0.25) is 19.9 Å². The van der Waals surface area contributed by atoms with Crippen molar-refractivity contribution in [1.82, 2.24) is 9.80 Å². The van der Waals surface area contributed by atoms with Gasteiger partial charge >= 0.3 is 0 Å². The average Bonchev–Trinajstić information content (AvgIpc) is 2.11. The average molecular weight is 187 g/mol. The van der Waals surface area contributed by atoms with Gasteiger partial charge in [-0.2, -0.15) is 0 Å². The van der Waals surface area contributed by atoms with Crippen LogP contribution in [-0.2, 0) is 0 Å². The van der Waals surface area contributed by atoms with Crippen LogP contribution in [0.1, 0.15) is 6.92 Å². The zero-order valence-electron chi connectivity index (χ0n) is 8.49. The monoisotopic (exact) mass is 187 g/mol. The lowest BCUT2D eigenvalue weighted by Gasteiger charge is -2.24. The third kappa shape index (κ3) is 2.38. The Hall–Kier alpha value is -0.680. The Balaban J connectivity index is 2.76. The molecular weight excluding hydrogens is 170 g/mol. The summed E-state index contributed by atoms with van der Waals surface area (Å²) in [6.45, 7) is 4.58. The van der Waals surface area contributed by atoms with Crippen molar-refractivity contribution in [3.05, 3.63) is 10.1 Å². The van der Waals surface area contributed by atoms with Crippen molar-refractivity contribution in [3.63, 3.8) is 0 Å². The summed E-state index contributed by atoms with van der Waals surface area (Å²) in [5.41, 5.74) is -0.819. The summed E-state index contributed by atoms with van der Waals surface area (Å²) in [5, 5.41) is 10.9. The molecule has 13 heavy (non-hydrogen) atoms. The van der Waals surface area contributed by atoms with Crippen LogP contribution in [0.25, 0.3) is 0 Å². The van der Waals surface area contributed by atoms with Crippen LogP contribution in [0.2, 0.25) is 0 Å². The quantitative estimate of drug-likeness (QED) is 0.425. The van der Waals surface area contributed by atoms with Crippen molar-refractivity contribution >= 4 is 0 Å². The summed E-state index contributed by atoms with van der Waals surface area (Å²) in [7, 11) is 3.86. The second-order valence-electron chi connectivity index (χ2n) is 4.23. The zero-order chi connectivity index (χ0) is 10.1. The molecule has 76 valence electrons. The number of hydrogen-bond donors (Lipinski definition) is 0. The maximum absolute atomic E-state index is 10.9. The molecule has 0 aromatic rings. The summed E-state index contributed by atoms with van der Waals surface area (Å²) in [6, 6.07) is 0. The minimum atomic E-state index is -0.819. The van der Waals surface area contributed by atoms with Crippen LogP contribution in [-0.4, -0.2) is 60.5 Å². The van der Waals surface area contributed by atoms with Gasteiger partial charge < -0.3 is 0 Å². The lowest BCUT2D eigenvalue weighted by atomic mass is 10.0. The van der Waals surface area contributed by atoms with E-state index in [0.29, 0.717) is 13.1 Å². The topological polar surface area (TPSA) is 49.6 Å². The Kier molecular flexibility index (Phi) is 2.87. The first-order chi connectivity index (χ1) is 5.94. The van der Waals surface area contributed by atoms with Gasteiger partial charge in [-0.25, -0.2) is 0 Å². The molecule has 5 nitrogen and oxygen atoms in total. The van der Waals surface area contributed by atoms with E-state index in [1.165, 1.54) is 0 Å². The molecule has 0 N–H and O–H groups in total. The van der Waals surface area contributed by atoms with Gasteiger partial charge in [0.05, 0.1) is 13.1 Å². The molecule has 0 atom stereocenters. The van der Waals surface area contributed by atoms with Crippen LogP contribution in [0.15, 0.2) is 0 Å². The molecule has 5 heteroatoms. The number of rotatable bonds is 1. The van der Waals surface area contributed by atoms with Crippen LogP contribution in [0.3, 0.4) is 0 Å². The molecule has 0 aromatic carbocycles. The van der Waals surface area contributed by atoms with E-state index in [1.807, 2.05) is 23.9 Å². The van der Waals surface area contributed by atoms with E-state index in [2.05, 4.69) is 0 Å². The molecule has 0 bridgehead atoms. The lowest BCUT2D eigenvalue weighted by molar-refractivity contribution is -0.564. The van der Waals surface area contributed by atoms with E-state index in [9.17, 15) is 10.1 Å². The minimum Gasteiger partial charge on any atom is -0.298 e. The SMILES string of the molecule is CN1CCN(C)CC(C)([N+](=O)[O-])C1. The van der Waals surface area contributed by atoms with Gasteiger partial charge in [0.15, 0.2) is 0 Å². The van der Waals surface area contributed by atoms with Crippen LogP contribution in [0, 0.1) is 10.1 Å². The first kappa shape index (κ1) is 10.4. The van der Waals surface area contributed by atoms with Gasteiger partial charge in [-0.15, -0.1) is 0 Å². The second-order valence-corrected chi connectivity index (χ2v) is 4.23. The number of nitro groups is 1. The lowest BCUT2D eigenvalue weighted by Crippen LogP contribution is -2.49. The molecule has 1 fully saturated rings. The van der Waals surface area contributed by atoms with Gasteiger partial charge in [-0.1, -0.05) is 0 Å². The fourth-order valence-corrected chi connectivity index (χ4v) is 1.83. The van der Waals surface area contributed by atoms with E-state index < -0.39 is 5.54 Å². The van der Waals surface area contributed by atoms with Crippen molar-refractivity contribution in [2.75, 3.05) is 40.3 Å². The van der Waals surface area contributed by atoms with E-state index in [1.54, 1.807) is 6.92 Å². The molecule has 0 amide bonds. The molecule has 0 spiro atoms. The van der Waals surface area contributed by atoms with Gasteiger partial charge in [-0.05, 0) is 14.1 Å². The highest BCUT2D eigenvalue weighted by atomic mass is 16.6. The standard InChI is InChI=1S/C8H17N3O2/c1-8(11(12)13)6-9(2)4-5-10(3)7-8/h4-7H2,1-3H3. The first-order valence-electron chi connectivity index (χ1n) is 4.46. The smallest absolute Gasteiger partial charge is 0.244 e. The molecule has 1 saturated heterocycles. The Morgan fingerprint density at radius 3 is 1.92 bits per heavy atom. The van der Waals surface area contributed by atoms with E-state index in [0.717, 1.165) is 13.1 Å².